The first-order valence-electron chi connectivity index (χ1n) is 18.7. The number of rotatable bonds is 8. The van der Waals surface area contributed by atoms with Gasteiger partial charge in [-0.25, -0.2) is 15.0 Å². The summed E-state index contributed by atoms with van der Waals surface area (Å²) in [6.07, 6.45) is 0. The van der Waals surface area contributed by atoms with Gasteiger partial charge >= 0.3 is 0 Å². The van der Waals surface area contributed by atoms with Crippen LogP contribution in [0.15, 0.2) is 211 Å². The molecule has 0 spiro atoms. The van der Waals surface area contributed by atoms with E-state index in [1.165, 1.54) is 11.1 Å². The Labute approximate surface area is 324 Å². The average molecular weight is 719 g/mol. The van der Waals surface area contributed by atoms with Crippen molar-refractivity contribution in [1.29, 1.82) is 0 Å². The lowest BCUT2D eigenvalue weighted by Crippen LogP contribution is -2.11. The van der Waals surface area contributed by atoms with Gasteiger partial charge in [0, 0.05) is 44.4 Å². The monoisotopic (exact) mass is 718 g/mol. The summed E-state index contributed by atoms with van der Waals surface area (Å²) in [6.45, 7) is 0. The molecule has 5 heteroatoms. The van der Waals surface area contributed by atoms with E-state index in [1.54, 1.807) is 0 Å². The number of anilines is 3. The molecule has 0 aliphatic heterocycles. The Morgan fingerprint density at radius 3 is 1.32 bits per heavy atom. The maximum absolute atomic E-state index is 6.65. The lowest BCUT2D eigenvalue weighted by Gasteiger charge is -2.28. The molecule has 0 unspecified atom stereocenters. The minimum absolute atomic E-state index is 0.590. The lowest BCUT2D eigenvalue weighted by molar-refractivity contribution is 0.669. The first-order valence-corrected chi connectivity index (χ1v) is 18.7. The van der Waals surface area contributed by atoms with Crippen LogP contribution in [0.25, 0.3) is 78.4 Å². The van der Waals surface area contributed by atoms with E-state index in [0.29, 0.717) is 17.5 Å². The van der Waals surface area contributed by atoms with Crippen molar-refractivity contribution in [2.75, 3.05) is 4.90 Å². The van der Waals surface area contributed by atoms with Crippen LogP contribution in [0.3, 0.4) is 0 Å². The van der Waals surface area contributed by atoms with E-state index >= 15 is 0 Å². The summed E-state index contributed by atoms with van der Waals surface area (Å²) in [6, 6.07) is 71.1. The van der Waals surface area contributed by atoms with Crippen molar-refractivity contribution in [2.45, 2.75) is 0 Å². The molecule has 0 aliphatic rings. The molecule has 10 aromatic rings. The Kier molecular flexibility index (Phi) is 8.43. The third-order valence-electron chi connectivity index (χ3n) is 10.1. The second kappa shape index (κ2) is 14.3. The normalized spacial score (nSPS) is 11.2. The topological polar surface area (TPSA) is 55.1 Å². The van der Waals surface area contributed by atoms with Crippen LogP contribution in [0.2, 0.25) is 0 Å². The second-order valence-electron chi connectivity index (χ2n) is 13.7. The van der Waals surface area contributed by atoms with Crippen LogP contribution in [0, 0.1) is 0 Å². The van der Waals surface area contributed by atoms with Crippen LogP contribution >= 0.6 is 0 Å². The van der Waals surface area contributed by atoms with Crippen molar-refractivity contribution >= 4 is 39.0 Å². The Morgan fingerprint density at radius 2 is 0.732 bits per heavy atom. The average Bonchev–Trinajstić information content (AvgIpc) is 3.65. The highest BCUT2D eigenvalue weighted by atomic mass is 16.3. The van der Waals surface area contributed by atoms with Crippen molar-refractivity contribution in [3.8, 4) is 56.4 Å². The molecule has 2 heterocycles. The van der Waals surface area contributed by atoms with E-state index in [-0.39, 0.29) is 0 Å². The molecule has 5 nitrogen and oxygen atoms in total. The number of benzene rings is 8. The standard InChI is InChI=1S/C51H34N4O/c1-5-15-35(16-6-1)36-25-29-42(30-26-36)55(41-21-11-4-12-22-41)46-24-14-13-23-43(46)39-27-31-44-45-32-28-40(34-48(45)56-47(44)33-39)51-53-49(37-17-7-2-8-18-37)52-50(54-51)38-19-9-3-10-20-38/h1-34H. The molecule has 0 atom stereocenters. The number of nitrogens with zero attached hydrogens (tertiary/aromatic N) is 4. The van der Waals surface area contributed by atoms with Gasteiger partial charge in [0.15, 0.2) is 17.5 Å². The molecule has 0 radical (unpaired) electrons. The fraction of sp³-hybridized carbons (Fsp3) is 0. The molecular formula is C51H34N4O. The zero-order valence-electron chi connectivity index (χ0n) is 30.3. The number of hydrogen-bond acceptors (Lipinski definition) is 5. The number of aromatic nitrogens is 3. The Bertz CT molecular complexity index is 2890. The van der Waals surface area contributed by atoms with Crippen LogP contribution in [0.5, 0.6) is 0 Å². The molecular weight excluding hydrogens is 685 g/mol. The second-order valence-corrected chi connectivity index (χ2v) is 13.7. The summed E-state index contributed by atoms with van der Waals surface area (Å²) in [4.78, 5) is 17.1. The van der Waals surface area contributed by atoms with Gasteiger partial charge in [-0.3, -0.25) is 0 Å². The lowest BCUT2D eigenvalue weighted by atomic mass is 9.99. The van der Waals surface area contributed by atoms with E-state index in [0.717, 1.165) is 66.8 Å². The Balaban J connectivity index is 1.05. The Morgan fingerprint density at radius 1 is 0.321 bits per heavy atom. The number of hydrogen-bond donors (Lipinski definition) is 0. The summed E-state index contributed by atoms with van der Waals surface area (Å²) in [5.74, 6) is 1.84. The van der Waals surface area contributed by atoms with Crippen LogP contribution in [0.1, 0.15) is 0 Å². The predicted octanol–water partition coefficient (Wildman–Crippen LogP) is 13.6. The van der Waals surface area contributed by atoms with Gasteiger partial charge in [0.1, 0.15) is 11.2 Å². The maximum atomic E-state index is 6.65. The fourth-order valence-corrected chi connectivity index (χ4v) is 7.37. The molecule has 0 N–H and O–H groups in total. The third kappa shape index (κ3) is 6.27. The quantitative estimate of drug-likeness (QED) is 0.157. The third-order valence-corrected chi connectivity index (χ3v) is 10.1. The highest BCUT2D eigenvalue weighted by molar-refractivity contribution is 6.07. The van der Waals surface area contributed by atoms with Crippen LogP contribution in [-0.2, 0) is 0 Å². The van der Waals surface area contributed by atoms with Gasteiger partial charge in [-0.05, 0) is 71.3 Å². The van der Waals surface area contributed by atoms with E-state index in [2.05, 4.69) is 138 Å². The van der Waals surface area contributed by atoms with Crippen LogP contribution < -0.4 is 4.90 Å². The van der Waals surface area contributed by atoms with Crippen molar-refractivity contribution < 1.29 is 4.42 Å². The van der Waals surface area contributed by atoms with E-state index in [1.807, 2.05) is 72.8 Å². The van der Waals surface area contributed by atoms with Crippen molar-refractivity contribution in [2.24, 2.45) is 0 Å². The molecule has 0 fully saturated rings. The first-order chi connectivity index (χ1) is 27.7. The molecule has 8 aromatic carbocycles. The number of furan rings is 1. The zero-order valence-corrected chi connectivity index (χ0v) is 30.3. The molecule has 2 aromatic heterocycles. The smallest absolute Gasteiger partial charge is 0.164 e. The maximum Gasteiger partial charge on any atom is 0.164 e. The zero-order chi connectivity index (χ0) is 37.3. The van der Waals surface area contributed by atoms with Crippen LogP contribution in [0.4, 0.5) is 17.1 Å². The minimum atomic E-state index is 0.590. The SMILES string of the molecule is c1ccc(-c2ccc(N(c3ccccc3)c3ccccc3-c3ccc4c(c3)oc3cc(-c5nc(-c6ccccc6)nc(-c6ccccc6)n5)ccc34)cc2)cc1. The minimum Gasteiger partial charge on any atom is -0.456 e. The van der Waals surface area contributed by atoms with Gasteiger partial charge in [0.05, 0.1) is 5.69 Å². The summed E-state index contributed by atoms with van der Waals surface area (Å²) in [5, 5.41) is 2.09. The molecule has 0 amide bonds. The molecule has 0 bridgehead atoms. The molecule has 56 heavy (non-hydrogen) atoms. The molecule has 264 valence electrons. The molecule has 0 aliphatic carbocycles. The number of para-hydroxylation sites is 2. The van der Waals surface area contributed by atoms with Crippen molar-refractivity contribution in [3.05, 3.63) is 206 Å². The molecule has 10 rings (SSSR count). The van der Waals surface area contributed by atoms with Gasteiger partial charge in [0.2, 0.25) is 0 Å². The highest BCUT2D eigenvalue weighted by Gasteiger charge is 2.19. The molecule has 0 saturated heterocycles. The highest BCUT2D eigenvalue weighted by Crippen LogP contribution is 2.43. The van der Waals surface area contributed by atoms with Gasteiger partial charge in [-0.15, -0.1) is 0 Å². The first kappa shape index (κ1) is 33.0. The van der Waals surface area contributed by atoms with Crippen molar-refractivity contribution in [1.82, 2.24) is 15.0 Å². The van der Waals surface area contributed by atoms with Crippen molar-refractivity contribution in [3.63, 3.8) is 0 Å². The fourth-order valence-electron chi connectivity index (χ4n) is 7.37. The van der Waals surface area contributed by atoms with E-state index in [4.69, 9.17) is 19.4 Å². The summed E-state index contributed by atoms with van der Waals surface area (Å²) >= 11 is 0. The largest absolute Gasteiger partial charge is 0.456 e. The Hall–Kier alpha value is -7.63. The summed E-state index contributed by atoms with van der Waals surface area (Å²) < 4.78 is 6.65. The summed E-state index contributed by atoms with van der Waals surface area (Å²) in [5.41, 5.74) is 12.1. The van der Waals surface area contributed by atoms with Gasteiger partial charge in [-0.1, -0.05) is 152 Å². The number of fused-ring (bicyclic) bond motifs is 3. The van der Waals surface area contributed by atoms with Gasteiger partial charge in [0.25, 0.3) is 0 Å². The van der Waals surface area contributed by atoms with Crippen LogP contribution in [-0.4, -0.2) is 15.0 Å². The van der Waals surface area contributed by atoms with Gasteiger partial charge in [-0.2, -0.15) is 0 Å². The summed E-state index contributed by atoms with van der Waals surface area (Å²) in [7, 11) is 0. The molecule has 0 saturated carbocycles. The van der Waals surface area contributed by atoms with E-state index < -0.39 is 0 Å². The predicted molar refractivity (Wildman–Crippen MR) is 229 cm³/mol. The van der Waals surface area contributed by atoms with E-state index in [9.17, 15) is 0 Å². The van der Waals surface area contributed by atoms with Gasteiger partial charge < -0.3 is 9.32 Å².